The van der Waals surface area contributed by atoms with Gasteiger partial charge in [-0.05, 0) is 119 Å². The first-order valence-corrected chi connectivity index (χ1v) is 13.9. The van der Waals surface area contributed by atoms with E-state index in [4.69, 9.17) is 4.52 Å². The van der Waals surface area contributed by atoms with Crippen LogP contribution in [-0.4, -0.2) is 46.2 Å². The molecule has 2 aliphatic rings. The maximum absolute atomic E-state index is 13.5. The van der Waals surface area contributed by atoms with Crippen LogP contribution in [0.4, 0.5) is 4.39 Å². The lowest BCUT2D eigenvalue weighted by Crippen LogP contribution is -2.38. The first-order valence-electron chi connectivity index (χ1n) is 13.9. The second-order valence-corrected chi connectivity index (χ2v) is 10.9. The summed E-state index contributed by atoms with van der Waals surface area (Å²) in [5.41, 5.74) is 3.30. The Kier molecular flexibility index (Phi) is 7.27. The Bertz CT molecular complexity index is 1350. The molecular weight excluding hydrogens is 479 g/mol. The minimum Gasteiger partial charge on any atom is -0.356 e. The first-order chi connectivity index (χ1) is 18.6. The molecule has 0 radical (unpaired) electrons. The Morgan fingerprint density at radius 1 is 0.974 bits per heavy atom. The predicted molar refractivity (Wildman–Crippen MR) is 146 cm³/mol. The van der Waals surface area contributed by atoms with Gasteiger partial charge in [-0.1, -0.05) is 5.16 Å². The standard InChI is InChI=1S/C31H35FN4O2/c32-25-7-12-28-29(21-25)38-34-30(28)23-14-19-35(20-15-23)18-13-22-3-8-26(9-4-22)33-31(37)24-5-10-27(11-6-24)36-16-1-2-17-36/h1-2,5-7,10-12,16-17,21-23,26H,3-4,8-9,13-15,18-20H2,(H,33,37)/t22-,26-. The summed E-state index contributed by atoms with van der Waals surface area (Å²) in [7, 11) is 0. The van der Waals surface area contributed by atoms with Crippen molar-refractivity contribution in [1.29, 1.82) is 0 Å². The number of carbonyl (C=O) groups is 1. The molecule has 2 aromatic carbocycles. The third-order valence-corrected chi connectivity index (χ3v) is 8.50. The average Bonchev–Trinajstić information content (AvgIpc) is 3.64. The summed E-state index contributed by atoms with van der Waals surface area (Å²) in [6, 6.07) is 16.7. The molecule has 38 heavy (non-hydrogen) atoms. The smallest absolute Gasteiger partial charge is 0.251 e. The van der Waals surface area contributed by atoms with E-state index in [1.54, 1.807) is 6.07 Å². The van der Waals surface area contributed by atoms with Crippen molar-refractivity contribution >= 4 is 16.9 Å². The number of piperidine rings is 1. The molecule has 1 saturated heterocycles. The highest BCUT2D eigenvalue weighted by Gasteiger charge is 2.27. The number of fused-ring (bicyclic) bond motifs is 1. The number of carbonyl (C=O) groups excluding carboxylic acids is 1. The molecule has 0 spiro atoms. The summed E-state index contributed by atoms with van der Waals surface area (Å²) >= 11 is 0. The second-order valence-electron chi connectivity index (χ2n) is 10.9. The zero-order valence-corrected chi connectivity index (χ0v) is 21.7. The van der Waals surface area contributed by atoms with E-state index >= 15 is 0 Å². The summed E-state index contributed by atoms with van der Waals surface area (Å²) < 4.78 is 20.9. The summed E-state index contributed by atoms with van der Waals surface area (Å²) in [5, 5.41) is 8.48. The quantitative estimate of drug-likeness (QED) is 0.314. The van der Waals surface area contributed by atoms with Gasteiger partial charge in [0.15, 0.2) is 5.58 Å². The van der Waals surface area contributed by atoms with E-state index < -0.39 is 0 Å². The number of hydrogen-bond donors (Lipinski definition) is 1. The van der Waals surface area contributed by atoms with Crippen molar-refractivity contribution in [2.24, 2.45) is 5.92 Å². The number of nitrogens with one attached hydrogen (secondary N) is 1. The molecule has 0 unspecified atom stereocenters. The molecule has 4 aromatic rings. The van der Waals surface area contributed by atoms with Crippen LogP contribution in [-0.2, 0) is 0 Å². The fraction of sp³-hybridized carbons (Fsp3) is 0.419. The number of hydrogen-bond acceptors (Lipinski definition) is 4. The van der Waals surface area contributed by atoms with Crippen LogP contribution in [0.2, 0.25) is 0 Å². The topological polar surface area (TPSA) is 63.3 Å². The van der Waals surface area contributed by atoms with Crippen molar-refractivity contribution < 1.29 is 13.7 Å². The van der Waals surface area contributed by atoms with Gasteiger partial charge in [0.1, 0.15) is 5.82 Å². The van der Waals surface area contributed by atoms with Crippen molar-refractivity contribution in [1.82, 2.24) is 19.9 Å². The Morgan fingerprint density at radius 2 is 1.71 bits per heavy atom. The highest BCUT2D eigenvalue weighted by atomic mass is 19.1. The lowest BCUT2D eigenvalue weighted by molar-refractivity contribution is 0.0919. The van der Waals surface area contributed by atoms with Crippen molar-refractivity contribution in [3.63, 3.8) is 0 Å². The van der Waals surface area contributed by atoms with Gasteiger partial charge < -0.3 is 19.3 Å². The van der Waals surface area contributed by atoms with Gasteiger partial charge in [-0.15, -0.1) is 0 Å². The average molecular weight is 515 g/mol. The molecular formula is C31H35FN4O2. The van der Waals surface area contributed by atoms with E-state index in [0.717, 1.165) is 73.6 Å². The van der Waals surface area contributed by atoms with Gasteiger partial charge in [-0.25, -0.2) is 4.39 Å². The van der Waals surface area contributed by atoms with Crippen LogP contribution >= 0.6 is 0 Å². The van der Waals surface area contributed by atoms with E-state index in [1.165, 1.54) is 31.4 Å². The van der Waals surface area contributed by atoms with Crippen LogP contribution < -0.4 is 5.32 Å². The monoisotopic (exact) mass is 514 g/mol. The number of benzene rings is 2. The lowest BCUT2D eigenvalue weighted by atomic mass is 9.83. The zero-order valence-electron chi connectivity index (χ0n) is 21.7. The van der Waals surface area contributed by atoms with Gasteiger partial charge in [0, 0.05) is 47.1 Å². The van der Waals surface area contributed by atoms with Crippen LogP contribution in [0.3, 0.4) is 0 Å². The fourth-order valence-electron chi connectivity index (χ4n) is 6.18. The number of halogens is 1. The number of amides is 1. The molecule has 1 aliphatic carbocycles. The second kappa shape index (κ2) is 11.1. The molecule has 1 saturated carbocycles. The van der Waals surface area contributed by atoms with Gasteiger partial charge in [-0.3, -0.25) is 4.79 Å². The normalized spacial score (nSPS) is 21.1. The number of rotatable bonds is 7. The first kappa shape index (κ1) is 24.9. The molecule has 1 amide bonds. The molecule has 0 bridgehead atoms. The van der Waals surface area contributed by atoms with Gasteiger partial charge in [0.25, 0.3) is 5.91 Å². The number of likely N-dealkylation sites (tertiary alicyclic amines) is 1. The van der Waals surface area contributed by atoms with E-state index in [-0.39, 0.29) is 17.8 Å². The number of aromatic nitrogens is 2. The van der Waals surface area contributed by atoms with E-state index in [9.17, 15) is 9.18 Å². The Hall–Kier alpha value is -3.45. The summed E-state index contributed by atoms with van der Waals surface area (Å²) in [4.78, 5) is 15.3. The molecule has 1 N–H and O–H groups in total. The molecule has 2 aromatic heterocycles. The molecule has 6 nitrogen and oxygen atoms in total. The Labute approximate surface area is 222 Å². The minimum absolute atomic E-state index is 0.0282. The van der Waals surface area contributed by atoms with Gasteiger partial charge in [-0.2, -0.15) is 0 Å². The zero-order chi connectivity index (χ0) is 25.9. The number of nitrogens with zero attached hydrogens (tertiary/aromatic N) is 3. The maximum Gasteiger partial charge on any atom is 0.251 e. The molecule has 3 heterocycles. The summed E-state index contributed by atoms with van der Waals surface area (Å²) in [6.45, 7) is 3.26. The molecule has 1 aliphatic heterocycles. The van der Waals surface area contributed by atoms with Crippen LogP contribution in [0.1, 0.15) is 66.9 Å². The SMILES string of the molecule is O=C(N[C@H]1CC[C@H](CCN2CCC(c3noc4cc(F)ccc34)CC2)CC1)c1ccc(-n2cccc2)cc1. The van der Waals surface area contributed by atoms with Crippen molar-refractivity contribution in [3.8, 4) is 5.69 Å². The highest BCUT2D eigenvalue weighted by molar-refractivity contribution is 5.94. The van der Waals surface area contributed by atoms with Crippen LogP contribution in [0.5, 0.6) is 0 Å². The predicted octanol–water partition coefficient (Wildman–Crippen LogP) is 6.32. The molecule has 198 valence electrons. The molecule has 7 heteroatoms. The van der Waals surface area contributed by atoms with Crippen LogP contribution in [0, 0.1) is 11.7 Å². The van der Waals surface area contributed by atoms with Crippen LogP contribution in [0.15, 0.2) is 71.5 Å². The van der Waals surface area contributed by atoms with Gasteiger partial charge in [0.05, 0.1) is 5.69 Å². The molecule has 0 atom stereocenters. The Balaban J connectivity index is 0.915. The van der Waals surface area contributed by atoms with Crippen molar-refractivity contribution in [2.75, 3.05) is 19.6 Å². The Morgan fingerprint density at radius 3 is 2.45 bits per heavy atom. The van der Waals surface area contributed by atoms with Gasteiger partial charge in [0.2, 0.25) is 0 Å². The lowest BCUT2D eigenvalue weighted by Gasteiger charge is -2.34. The third-order valence-electron chi connectivity index (χ3n) is 8.50. The van der Waals surface area contributed by atoms with Crippen LogP contribution in [0.25, 0.3) is 16.7 Å². The summed E-state index contributed by atoms with van der Waals surface area (Å²) in [6.07, 6.45) is 11.8. The fourth-order valence-corrected chi connectivity index (χ4v) is 6.18. The minimum atomic E-state index is -0.287. The van der Waals surface area contributed by atoms with Crippen molar-refractivity contribution in [3.05, 3.63) is 84.1 Å². The van der Waals surface area contributed by atoms with E-state index in [2.05, 4.69) is 15.4 Å². The largest absolute Gasteiger partial charge is 0.356 e. The molecule has 6 rings (SSSR count). The summed E-state index contributed by atoms with van der Waals surface area (Å²) in [5.74, 6) is 0.851. The maximum atomic E-state index is 13.5. The van der Waals surface area contributed by atoms with E-state index in [1.807, 2.05) is 53.4 Å². The third kappa shape index (κ3) is 5.53. The molecule has 2 fully saturated rings. The van der Waals surface area contributed by atoms with E-state index in [0.29, 0.717) is 11.5 Å². The van der Waals surface area contributed by atoms with Gasteiger partial charge >= 0.3 is 0 Å². The highest BCUT2D eigenvalue weighted by Crippen LogP contribution is 2.33. The van der Waals surface area contributed by atoms with Crippen molar-refractivity contribution in [2.45, 2.75) is 56.9 Å².